The Labute approximate surface area is 189 Å². The lowest BCUT2D eigenvalue weighted by Gasteiger charge is -2.34. The van der Waals surface area contributed by atoms with Crippen LogP contribution >= 0.6 is 12.6 Å². The molecule has 3 rings (SSSR count). The maximum atomic E-state index is 13.4. The van der Waals surface area contributed by atoms with Crippen LogP contribution in [0.2, 0.25) is 0 Å². The second kappa shape index (κ2) is 8.70. The molecule has 0 spiro atoms. The van der Waals surface area contributed by atoms with Gasteiger partial charge in [0.05, 0.1) is 11.2 Å². The minimum Gasteiger partial charge on any atom is -0.273 e. The van der Waals surface area contributed by atoms with Gasteiger partial charge in [-0.3, -0.25) is 10.2 Å². The number of hydrazine groups is 1. The first kappa shape index (κ1) is 24.0. The minimum atomic E-state index is -4.05. The molecule has 1 fully saturated rings. The molecule has 1 N–H and O–H groups in total. The predicted molar refractivity (Wildman–Crippen MR) is 123 cm³/mol. The highest BCUT2D eigenvalue weighted by atomic mass is 32.2. The van der Waals surface area contributed by atoms with E-state index in [-0.39, 0.29) is 30.3 Å². The van der Waals surface area contributed by atoms with Gasteiger partial charge >= 0.3 is 0 Å². The third-order valence-corrected chi connectivity index (χ3v) is 8.90. The molecule has 11 heteroatoms. The van der Waals surface area contributed by atoms with E-state index in [1.807, 2.05) is 38.1 Å². The number of nitrogens with one attached hydrogen (secondary N) is 1. The number of carbonyl (C=O) groups excluding carboxylic acids is 1. The highest BCUT2D eigenvalue weighted by Crippen LogP contribution is 2.38. The van der Waals surface area contributed by atoms with Crippen molar-refractivity contribution < 1.29 is 21.6 Å². The lowest BCUT2D eigenvalue weighted by atomic mass is 10.1. The molecule has 1 saturated heterocycles. The average molecular weight is 486 g/mol. The Morgan fingerprint density at radius 2 is 1.81 bits per heavy atom. The Balaban J connectivity index is 1.94. The Kier molecular flexibility index (Phi) is 6.73. The van der Waals surface area contributed by atoms with Crippen molar-refractivity contribution in [1.29, 1.82) is 0 Å². The molecule has 0 radical (unpaired) electrons. The molecule has 1 atom stereocenters. The summed E-state index contributed by atoms with van der Waals surface area (Å²) in [6, 6.07) is 12.2. The van der Waals surface area contributed by atoms with Gasteiger partial charge in [-0.25, -0.2) is 16.8 Å². The third kappa shape index (κ3) is 4.90. The fourth-order valence-electron chi connectivity index (χ4n) is 3.58. The van der Waals surface area contributed by atoms with Crippen molar-refractivity contribution in [2.75, 3.05) is 19.3 Å². The van der Waals surface area contributed by atoms with Crippen molar-refractivity contribution in [2.45, 2.75) is 36.5 Å². The van der Waals surface area contributed by atoms with Crippen LogP contribution in [0.4, 0.5) is 0 Å². The molecule has 2 aromatic rings. The highest BCUT2D eigenvalue weighted by Gasteiger charge is 2.51. The van der Waals surface area contributed by atoms with E-state index in [4.69, 9.17) is 0 Å². The topological polar surface area (TPSA) is 104 Å². The largest absolute Gasteiger partial charge is 0.273 e. The number of fused-ring (bicyclic) bond motifs is 1. The zero-order valence-electron chi connectivity index (χ0n) is 17.6. The molecule has 0 aromatic heterocycles. The van der Waals surface area contributed by atoms with Crippen molar-refractivity contribution in [1.82, 2.24) is 14.1 Å². The summed E-state index contributed by atoms with van der Waals surface area (Å²) < 4.78 is 52.9. The molecule has 0 saturated carbocycles. The lowest BCUT2D eigenvalue weighted by molar-refractivity contribution is -0.128. The number of sulfonamides is 2. The number of hydrogen-bond donors (Lipinski definition) is 2. The van der Waals surface area contributed by atoms with Crippen LogP contribution in [0.5, 0.6) is 0 Å². The van der Waals surface area contributed by atoms with Crippen LogP contribution in [0, 0.1) is 5.92 Å². The van der Waals surface area contributed by atoms with Gasteiger partial charge in [0.1, 0.15) is 0 Å². The van der Waals surface area contributed by atoms with Gasteiger partial charge in [0.15, 0.2) is 4.87 Å². The lowest BCUT2D eigenvalue weighted by Crippen LogP contribution is -2.58. The fourth-order valence-corrected chi connectivity index (χ4v) is 6.74. The Bertz CT molecular complexity index is 1200. The first-order valence-electron chi connectivity index (χ1n) is 9.88. The van der Waals surface area contributed by atoms with Crippen LogP contribution in [0.25, 0.3) is 10.8 Å². The summed E-state index contributed by atoms with van der Waals surface area (Å²) in [6.07, 6.45) is 1.57. The molecule has 1 amide bonds. The molecule has 8 nitrogen and oxygen atoms in total. The summed E-state index contributed by atoms with van der Waals surface area (Å²) in [6.45, 7) is 3.79. The van der Waals surface area contributed by atoms with E-state index < -0.39 is 30.8 Å². The monoisotopic (exact) mass is 485 g/mol. The van der Waals surface area contributed by atoms with Crippen molar-refractivity contribution in [3.8, 4) is 0 Å². The maximum Gasteiger partial charge on any atom is 0.266 e. The van der Waals surface area contributed by atoms with Gasteiger partial charge in [-0.2, -0.15) is 4.31 Å². The Hall–Kier alpha value is -1.66. The van der Waals surface area contributed by atoms with Crippen LogP contribution in [0.15, 0.2) is 47.4 Å². The molecule has 0 bridgehead atoms. The van der Waals surface area contributed by atoms with Crippen molar-refractivity contribution >= 4 is 49.4 Å². The van der Waals surface area contributed by atoms with E-state index in [1.165, 1.54) is 6.07 Å². The van der Waals surface area contributed by atoms with E-state index in [9.17, 15) is 21.6 Å². The van der Waals surface area contributed by atoms with Gasteiger partial charge in [0.2, 0.25) is 20.0 Å². The summed E-state index contributed by atoms with van der Waals surface area (Å²) >= 11 is 4.46. The van der Waals surface area contributed by atoms with E-state index >= 15 is 0 Å². The number of carbonyl (C=O) groups is 1. The molecule has 31 heavy (non-hydrogen) atoms. The molecule has 2 aromatic carbocycles. The summed E-state index contributed by atoms with van der Waals surface area (Å²) in [7, 11) is -7.79. The molecular weight excluding hydrogens is 458 g/mol. The normalized spacial score (nSPS) is 20.6. The molecule has 1 aliphatic heterocycles. The summed E-state index contributed by atoms with van der Waals surface area (Å²) in [4.78, 5) is 11.5. The summed E-state index contributed by atoms with van der Waals surface area (Å²) in [5.74, 6) is -0.837. The van der Waals surface area contributed by atoms with Crippen molar-refractivity contribution in [3.63, 3.8) is 0 Å². The standard InChI is InChI=1S/C20H27N3O5S3/c1-15(2)14-23(30(3,25)26)21-19(24)20(29)11-6-12-22(20)31(27,28)18-10-9-16-7-4-5-8-17(16)13-18/h4-5,7-10,13,15,29H,6,11-12,14H2,1-3H3,(H,21,24). The first-order valence-corrected chi connectivity index (χ1v) is 13.6. The zero-order valence-corrected chi connectivity index (χ0v) is 20.2. The minimum absolute atomic E-state index is 0.0492. The molecular formula is C20H27N3O5S3. The van der Waals surface area contributed by atoms with E-state index in [1.54, 1.807) is 12.1 Å². The van der Waals surface area contributed by atoms with E-state index in [0.29, 0.717) is 6.42 Å². The second-order valence-electron chi connectivity index (χ2n) is 8.14. The van der Waals surface area contributed by atoms with Crippen LogP contribution in [0.1, 0.15) is 26.7 Å². The van der Waals surface area contributed by atoms with E-state index in [0.717, 1.165) is 25.7 Å². The Morgan fingerprint density at radius 1 is 1.16 bits per heavy atom. The quantitative estimate of drug-likeness (QED) is 0.462. The smallest absolute Gasteiger partial charge is 0.266 e. The zero-order chi connectivity index (χ0) is 23.0. The summed E-state index contributed by atoms with van der Waals surface area (Å²) in [5, 5.41) is 1.66. The highest BCUT2D eigenvalue weighted by molar-refractivity contribution is 7.91. The van der Waals surface area contributed by atoms with E-state index in [2.05, 4.69) is 18.1 Å². The first-order chi connectivity index (χ1) is 14.4. The van der Waals surface area contributed by atoms with Gasteiger partial charge in [0.25, 0.3) is 5.91 Å². The number of amides is 1. The second-order valence-corrected chi connectivity index (χ2v) is 12.6. The predicted octanol–water partition coefficient (Wildman–Crippen LogP) is 2.20. The van der Waals surface area contributed by atoms with Crippen LogP contribution in [-0.4, -0.2) is 55.7 Å². The van der Waals surface area contributed by atoms with Gasteiger partial charge in [-0.1, -0.05) is 44.2 Å². The third-order valence-electron chi connectivity index (χ3n) is 5.13. The molecule has 1 heterocycles. The fraction of sp³-hybridized carbons (Fsp3) is 0.450. The SMILES string of the molecule is CC(C)CN(NC(=O)C1(S)CCCN1S(=O)(=O)c1ccc2ccccc2c1)S(C)(=O)=O. The molecule has 1 unspecified atom stereocenters. The van der Waals surface area contributed by atoms with Gasteiger partial charge in [0, 0.05) is 13.1 Å². The average Bonchev–Trinajstić information content (AvgIpc) is 3.10. The number of rotatable bonds is 7. The number of benzene rings is 2. The molecule has 0 aliphatic carbocycles. The number of nitrogens with zero attached hydrogens (tertiary/aromatic N) is 2. The van der Waals surface area contributed by atoms with Gasteiger partial charge < -0.3 is 0 Å². The molecule has 170 valence electrons. The maximum absolute atomic E-state index is 13.4. The van der Waals surface area contributed by atoms with Crippen LogP contribution in [-0.2, 0) is 24.8 Å². The van der Waals surface area contributed by atoms with Gasteiger partial charge in [-0.15, -0.1) is 17.0 Å². The van der Waals surface area contributed by atoms with Gasteiger partial charge in [-0.05, 0) is 41.7 Å². The number of hydrogen-bond acceptors (Lipinski definition) is 6. The van der Waals surface area contributed by atoms with Crippen molar-refractivity contribution in [2.24, 2.45) is 5.92 Å². The van der Waals surface area contributed by atoms with Crippen molar-refractivity contribution in [3.05, 3.63) is 42.5 Å². The van der Waals surface area contributed by atoms with Crippen LogP contribution in [0.3, 0.4) is 0 Å². The summed E-state index contributed by atoms with van der Waals surface area (Å²) in [5.41, 5.74) is 2.38. The Morgan fingerprint density at radius 3 is 2.42 bits per heavy atom. The molecule has 1 aliphatic rings. The van der Waals surface area contributed by atoms with Crippen LogP contribution < -0.4 is 5.43 Å². The number of thiol groups is 1.